The van der Waals surface area contributed by atoms with E-state index in [0.717, 1.165) is 43.3 Å². The second-order valence-corrected chi connectivity index (χ2v) is 12.8. The topological polar surface area (TPSA) is 58.9 Å². The van der Waals surface area contributed by atoms with Crippen LogP contribution in [0.25, 0.3) is 0 Å². The maximum absolute atomic E-state index is 10.2. The molecule has 0 radical (unpaired) electrons. The summed E-state index contributed by atoms with van der Waals surface area (Å²) in [6.45, 7) is 8.53. The van der Waals surface area contributed by atoms with Gasteiger partial charge in [0, 0.05) is 0 Å². The summed E-state index contributed by atoms with van der Waals surface area (Å²) in [5.41, 5.74) is 0. The molecule has 0 aliphatic carbocycles. The van der Waals surface area contributed by atoms with E-state index < -0.39 is 0 Å². The average molecular weight is 559 g/mol. The Labute approximate surface area is 245 Å². The predicted octanol–water partition coefficient (Wildman–Crippen LogP) is 8.44. The summed E-state index contributed by atoms with van der Waals surface area (Å²) in [7, 11) is 4.38. The SMILES string of the molecule is CCCCCCCCCCCCC(O)COCC[N+](C)(C)CCOCC(O)CCCCCCCCCCCC. The molecule has 2 atom stereocenters. The number of unbranched alkanes of at least 4 members (excludes halogenated alkanes) is 18. The van der Waals surface area contributed by atoms with Gasteiger partial charge < -0.3 is 24.2 Å². The number of aliphatic hydroxyl groups is 2. The second kappa shape index (κ2) is 29.3. The number of likely N-dealkylation sites (N-methyl/N-ethyl adjacent to an activating group) is 1. The molecule has 0 aromatic heterocycles. The molecule has 5 nitrogen and oxygen atoms in total. The van der Waals surface area contributed by atoms with Gasteiger partial charge in [-0.1, -0.05) is 142 Å². The third-order valence-corrected chi connectivity index (χ3v) is 8.08. The lowest BCUT2D eigenvalue weighted by molar-refractivity contribution is -0.891. The highest BCUT2D eigenvalue weighted by molar-refractivity contribution is 4.57. The van der Waals surface area contributed by atoms with E-state index in [2.05, 4.69) is 27.9 Å². The number of rotatable bonds is 32. The van der Waals surface area contributed by atoms with E-state index in [0.29, 0.717) is 26.4 Å². The standard InChI is InChI=1S/C34H72NO4/c1-5-7-9-11-13-15-17-19-21-23-25-33(36)31-38-29-27-35(3,4)28-30-39-32-34(37)26-24-22-20-18-16-14-12-10-8-6-2/h33-34,36-37H,5-32H2,1-4H3/q+1. The first kappa shape index (κ1) is 38.8. The van der Waals surface area contributed by atoms with E-state index in [4.69, 9.17) is 9.47 Å². The first-order valence-electron chi connectivity index (χ1n) is 17.2. The summed E-state index contributed by atoms with van der Waals surface area (Å²) in [4.78, 5) is 0. The predicted molar refractivity (Wildman–Crippen MR) is 168 cm³/mol. The van der Waals surface area contributed by atoms with Crippen LogP contribution >= 0.6 is 0 Å². The normalized spacial score (nSPS) is 13.7. The van der Waals surface area contributed by atoms with Crippen molar-refractivity contribution in [2.24, 2.45) is 0 Å². The molecule has 0 spiro atoms. The Balaban J connectivity index is 3.51. The average Bonchev–Trinajstić information content (AvgIpc) is 2.91. The van der Waals surface area contributed by atoms with Crippen LogP contribution in [-0.2, 0) is 9.47 Å². The van der Waals surface area contributed by atoms with E-state index in [-0.39, 0.29) is 12.2 Å². The minimum Gasteiger partial charge on any atom is -0.391 e. The summed E-state index contributed by atoms with van der Waals surface area (Å²) in [5, 5.41) is 20.4. The van der Waals surface area contributed by atoms with Gasteiger partial charge in [-0.2, -0.15) is 0 Å². The monoisotopic (exact) mass is 559 g/mol. The third kappa shape index (κ3) is 30.6. The molecule has 0 aliphatic heterocycles. The first-order valence-corrected chi connectivity index (χ1v) is 17.2. The van der Waals surface area contributed by atoms with E-state index in [1.165, 1.54) is 116 Å². The molecule has 0 saturated heterocycles. The van der Waals surface area contributed by atoms with Crippen LogP contribution in [0.15, 0.2) is 0 Å². The highest BCUT2D eigenvalue weighted by Gasteiger charge is 2.16. The molecule has 0 bridgehead atoms. The zero-order valence-corrected chi connectivity index (χ0v) is 27.1. The molecule has 0 aromatic carbocycles. The van der Waals surface area contributed by atoms with Crippen LogP contribution in [0.1, 0.15) is 155 Å². The van der Waals surface area contributed by atoms with E-state index in [1.807, 2.05) is 0 Å². The summed E-state index contributed by atoms with van der Waals surface area (Å²) in [6.07, 6.45) is 27.5. The number of hydrogen-bond acceptors (Lipinski definition) is 4. The van der Waals surface area contributed by atoms with Gasteiger partial charge in [0.25, 0.3) is 0 Å². The maximum atomic E-state index is 10.2. The zero-order chi connectivity index (χ0) is 28.9. The van der Waals surface area contributed by atoms with Crippen LogP contribution in [0, 0.1) is 0 Å². The van der Waals surface area contributed by atoms with Crippen LogP contribution in [0.5, 0.6) is 0 Å². The van der Waals surface area contributed by atoms with Crippen molar-refractivity contribution in [3.05, 3.63) is 0 Å². The fraction of sp³-hybridized carbons (Fsp3) is 1.00. The van der Waals surface area contributed by atoms with Crippen molar-refractivity contribution in [3.8, 4) is 0 Å². The van der Waals surface area contributed by atoms with Gasteiger partial charge in [-0.15, -0.1) is 0 Å². The molecule has 0 saturated carbocycles. The molecule has 0 rings (SSSR count). The quantitative estimate of drug-likeness (QED) is 0.0642. The lowest BCUT2D eigenvalue weighted by Gasteiger charge is -2.29. The third-order valence-electron chi connectivity index (χ3n) is 8.08. The highest BCUT2D eigenvalue weighted by atomic mass is 16.5. The van der Waals surface area contributed by atoms with Crippen LogP contribution in [0.3, 0.4) is 0 Å². The van der Waals surface area contributed by atoms with Crippen molar-refractivity contribution in [1.29, 1.82) is 0 Å². The van der Waals surface area contributed by atoms with Crippen LogP contribution < -0.4 is 0 Å². The van der Waals surface area contributed by atoms with E-state index in [1.54, 1.807) is 0 Å². The van der Waals surface area contributed by atoms with Gasteiger partial charge in [-0.25, -0.2) is 0 Å². The number of nitrogens with zero attached hydrogens (tertiary/aromatic N) is 1. The van der Waals surface area contributed by atoms with Crippen LogP contribution in [0.2, 0.25) is 0 Å². The summed E-state index contributed by atoms with van der Waals surface area (Å²) in [6, 6.07) is 0. The Bertz CT molecular complexity index is 434. The van der Waals surface area contributed by atoms with Crippen molar-refractivity contribution >= 4 is 0 Å². The van der Waals surface area contributed by atoms with Gasteiger partial charge in [0.15, 0.2) is 0 Å². The molecule has 5 heteroatoms. The Morgan fingerprint density at radius 1 is 0.462 bits per heavy atom. The molecule has 0 fully saturated rings. The fourth-order valence-corrected chi connectivity index (χ4v) is 5.08. The van der Waals surface area contributed by atoms with Gasteiger partial charge >= 0.3 is 0 Å². The van der Waals surface area contributed by atoms with E-state index >= 15 is 0 Å². The Kier molecular flexibility index (Phi) is 29.1. The molecule has 0 heterocycles. The van der Waals surface area contributed by atoms with Crippen molar-refractivity contribution in [2.75, 3.05) is 53.6 Å². The molecule has 39 heavy (non-hydrogen) atoms. The second-order valence-electron chi connectivity index (χ2n) is 12.8. The van der Waals surface area contributed by atoms with Crippen molar-refractivity contribution in [1.82, 2.24) is 0 Å². The Morgan fingerprint density at radius 2 is 0.744 bits per heavy atom. The highest BCUT2D eigenvalue weighted by Crippen LogP contribution is 2.13. The van der Waals surface area contributed by atoms with E-state index in [9.17, 15) is 10.2 Å². The van der Waals surface area contributed by atoms with Crippen molar-refractivity contribution in [2.45, 2.75) is 167 Å². The van der Waals surface area contributed by atoms with Gasteiger partial charge in [-0.05, 0) is 12.8 Å². The van der Waals surface area contributed by atoms with Gasteiger partial charge in [0.1, 0.15) is 13.1 Å². The van der Waals surface area contributed by atoms with Gasteiger partial charge in [0.05, 0.1) is 52.7 Å². The van der Waals surface area contributed by atoms with Crippen molar-refractivity contribution in [3.63, 3.8) is 0 Å². The minimum absolute atomic E-state index is 0.338. The number of quaternary nitrogens is 1. The molecule has 0 aliphatic rings. The number of aliphatic hydroxyl groups excluding tert-OH is 2. The largest absolute Gasteiger partial charge is 0.391 e. The minimum atomic E-state index is -0.338. The Hall–Kier alpha value is -0.200. The van der Waals surface area contributed by atoms with Gasteiger partial charge in [0.2, 0.25) is 0 Å². The fourth-order valence-electron chi connectivity index (χ4n) is 5.08. The summed E-state index contributed by atoms with van der Waals surface area (Å²) >= 11 is 0. The molecule has 236 valence electrons. The maximum Gasteiger partial charge on any atom is 0.102 e. The first-order chi connectivity index (χ1) is 18.9. The summed E-state index contributed by atoms with van der Waals surface area (Å²) in [5.74, 6) is 0. The smallest absolute Gasteiger partial charge is 0.102 e. The molecule has 0 amide bonds. The molecular weight excluding hydrogens is 486 g/mol. The molecule has 2 unspecified atom stereocenters. The van der Waals surface area contributed by atoms with Crippen LogP contribution in [-0.4, -0.2) is 80.5 Å². The zero-order valence-electron chi connectivity index (χ0n) is 27.1. The molecule has 0 aromatic rings. The lowest BCUT2D eigenvalue weighted by atomic mass is 10.0. The lowest BCUT2D eigenvalue weighted by Crippen LogP contribution is -2.45. The van der Waals surface area contributed by atoms with Crippen LogP contribution in [0.4, 0.5) is 0 Å². The number of ether oxygens (including phenoxy) is 2. The number of hydrogen-bond donors (Lipinski definition) is 2. The Morgan fingerprint density at radius 3 is 1.05 bits per heavy atom. The van der Waals surface area contributed by atoms with Gasteiger partial charge in [-0.3, -0.25) is 0 Å². The van der Waals surface area contributed by atoms with Crippen molar-refractivity contribution < 1.29 is 24.2 Å². The molecule has 2 N–H and O–H groups in total. The summed E-state index contributed by atoms with van der Waals surface area (Å²) < 4.78 is 12.4. The molecular formula is C34H72NO4+.